The van der Waals surface area contributed by atoms with Crippen LogP contribution in [0, 0.1) is 0 Å². The van der Waals surface area contributed by atoms with Gasteiger partial charge in [-0.1, -0.05) is 24.3 Å². The van der Waals surface area contributed by atoms with E-state index >= 15 is 0 Å². The molecule has 2 heterocycles. The van der Waals surface area contributed by atoms with Crippen molar-refractivity contribution in [2.45, 2.75) is 22.4 Å². The summed E-state index contributed by atoms with van der Waals surface area (Å²) in [5.41, 5.74) is 0. The molecule has 170 valence electrons. The number of carbonyl (C=O) groups is 1. The Balaban J connectivity index is 1.58. The lowest BCUT2D eigenvalue weighted by Crippen LogP contribution is -2.15. The van der Waals surface area contributed by atoms with Crippen molar-refractivity contribution in [2.24, 2.45) is 0 Å². The second-order valence-electron chi connectivity index (χ2n) is 6.48. The molecule has 0 aliphatic rings. The molecule has 0 bridgehead atoms. The summed E-state index contributed by atoms with van der Waals surface area (Å²) in [6.07, 6.45) is 5.00. The number of ether oxygens (including phenoxy) is 1. The molecule has 0 spiro atoms. The Hall–Kier alpha value is -2.54. The normalized spacial score (nSPS) is 12.2. The molecular formula is C20H20N2O6S4. The molecule has 0 fully saturated rings. The van der Waals surface area contributed by atoms with Crippen molar-refractivity contribution < 1.29 is 26.4 Å². The Morgan fingerprint density at radius 3 is 2.56 bits per heavy atom. The zero-order chi connectivity index (χ0) is 23.2. The summed E-state index contributed by atoms with van der Waals surface area (Å²) in [7, 11) is -7.28. The van der Waals surface area contributed by atoms with E-state index in [0.29, 0.717) is 11.3 Å². The van der Waals surface area contributed by atoms with E-state index in [-0.39, 0.29) is 32.6 Å². The first kappa shape index (κ1) is 24.1. The van der Waals surface area contributed by atoms with Gasteiger partial charge in [-0.3, -0.25) is 9.52 Å². The number of sulfonamides is 1. The molecule has 8 nitrogen and oxygen atoms in total. The number of nitrogens with one attached hydrogen (secondary N) is 1. The van der Waals surface area contributed by atoms with Gasteiger partial charge in [0.05, 0.1) is 17.3 Å². The second-order valence-corrected chi connectivity index (χ2v) is 12.7. The first-order valence-electron chi connectivity index (χ1n) is 9.31. The van der Waals surface area contributed by atoms with Crippen LogP contribution in [0.3, 0.4) is 0 Å². The first-order valence-corrected chi connectivity index (χ1v) is 14.1. The summed E-state index contributed by atoms with van der Waals surface area (Å²) in [6.45, 7) is 1.52. The molecule has 3 rings (SSSR count). The number of anilines is 1. The lowest BCUT2D eigenvalue weighted by Gasteiger charge is -2.01. The van der Waals surface area contributed by atoms with Crippen molar-refractivity contribution in [1.29, 1.82) is 0 Å². The molecule has 0 atom stereocenters. The fraction of sp³-hybridized carbons (Fsp3) is 0.200. The number of sulfone groups is 1. The third-order valence-electron chi connectivity index (χ3n) is 3.97. The predicted octanol–water partition coefficient (Wildman–Crippen LogP) is 3.60. The molecule has 0 amide bonds. The molecule has 0 aliphatic carbocycles. The fourth-order valence-electron chi connectivity index (χ4n) is 2.52. The van der Waals surface area contributed by atoms with Crippen molar-refractivity contribution in [3.05, 3.63) is 64.5 Å². The van der Waals surface area contributed by atoms with Gasteiger partial charge in [-0.25, -0.2) is 21.8 Å². The topological polar surface area (TPSA) is 119 Å². The molecule has 0 unspecified atom stereocenters. The van der Waals surface area contributed by atoms with Crippen LogP contribution in [-0.4, -0.2) is 40.1 Å². The molecule has 3 aromatic rings. The largest absolute Gasteiger partial charge is 0.465 e. The molecular weight excluding hydrogens is 492 g/mol. The van der Waals surface area contributed by atoms with E-state index in [4.69, 9.17) is 4.74 Å². The monoisotopic (exact) mass is 512 g/mol. The average molecular weight is 513 g/mol. The summed E-state index contributed by atoms with van der Waals surface area (Å²) < 4.78 is 57.3. The highest BCUT2D eigenvalue weighted by molar-refractivity contribution is 7.93. The minimum atomic E-state index is -3.68. The number of hydrogen-bond acceptors (Lipinski definition) is 9. The van der Waals surface area contributed by atoms with Gasteiger partial charge in [0.2, 0.25) is 19.9 Å². The highest BCUT2D eigenvalue weighted by Gasteiger charge is 2.19. The van der Waals surface area contributed by atoms with E-state index in [2.05, 4.69) is 9.71 Å². The maximum atomic E-state index is 12.6. The van der Waals surface area contributed by atoms with E-state index in [1.807, 2.05) is 0 Å². The summed E-state index contributed by atoms with van der Waals surface area (Å²) in [5, 5.41) is 0.226. The maximum absolute atomic E-state index is 12.6. The number of hydrogen-bond donors (Lipinski definition) is 1. The lowest BCUT2D eigenvalue weighted by molar-refractivity contribution is -0.140. The summed E-state index contributed by atoms with van der Waals surface area (Å²) in [5.74, 6) is -0.675. The smallest absolute Gasteiger partial charge is 0.302 e. The van der Waals surface area contributed by atoms with Crippen LogP contribution in [-0.2, 0) is 35.8 Å². The standard InChI is InChI=1S/C20H20N2O6S4/c1-15(23)28-12-11-17-14-21-20(30-17)22-31(24,25)13-5-6-16-9-10-19(29-16)32(26,27)18-7-3-2-4-8-18/h2-10,14H,11-13H2,1H3,(H,21,22). The molecule has 32 heavy (non-hydrogen) atoms. The number of carbonyl (C=O) groups excluding carboxylic acids is 1. The Morgan fingerprint density at radius 1 is 1.09 bits per heavy atom. The molecule has 0 saturated carbocycles. The van der Waals surface area contributed by atoms with Crippen molar-refractivity contribution in [3.8, 4) is 0 Å². The van der Waals surface area contributed by atoms with Gasteiger partial charge in [-0.05, 0) is 30.3 Å². The first-order chi connectivity index (χ1) is 15.2. The van der Waals surface area contributed by atoms with Gasteiger partial charge in [0.1, 0.15) is 4.21 Å². The van der Waals surface area contributed by atoms with Crippen LogP contribution in [0.4, 0.5) is 5.13 Å². The summed E-state index contributed by atoms with van der Waals surface area (Å²) in [6, 6.07) is 11.3. The number of rotatable bonds is 10. The summed E-state index contributed by atoms with van der Waals surface area (Å²) in [4.78, 5) is 16.4. The third-order valence-corrected chi connectivity index (χ3v) is 9.52. The highest BCUT2D eigenvalue weighted by atomic mass is 32.2. The quantitative estimate of drug-likeness (QED) is 0.412. The van der Waals surface area contributed by atoms with E-state index in [9.17, 15) is 21.6 Å². The maximum Gasteiger partial charge on any atom is 0.302 e. The van der Waals surface area contributed by atoms with Gasteiger partial charge < -0.3 is 4.74 Å². The van der Waals surface area contributed by atoms with Gasteiger partial charge in [-0.2, -0.15) is 0 Å². The van der Waals surface area contributed by atoms with Gasteiger partial charge in [0.15, 0.2) is 5.13 Å². The van der Waals surface area contributed by atoms with Crippen LogP contribution in [0.2, 0.25) is 0 Å². The summed E-state index contributed by atoms with van der Waals surface area (Å²) >= 11 is 2.23. The molecule has 2 aromatic heterocycles. The van der Waals surface area contributed by atoms with Crippen LogP contribution in [0.1, 0.15) is 16.7 Å². The number of nitrogens with zero attached hydrogens (tertiary/aromatic N) is 1. The Morgan fingerprint density at radius 2 is 1.84 bits per heavy atom. The van der Waals surface area contributed by atoms with Crippen molar-refractivity contribution in [1.82, 2.24) is 4.98 Å². The SMILES string of the molecule is CC(=O)OCCc1cnc(NS(=O)(=O)CC=Cc2ccc(S(=O)(=O)c3ccccc3)s2)s1. The number of benzene rings is 1. The number of thiazole rings is 1. The van der Waals surface area contributed by atoms with Crippen LogP contribution < -0.4 is 4.72 Å². The highest BCUT2D eigenvalue weighted by Crippen LogP contribution is 2.28. The number of aromatic nitrogens is 1. The van der Waals surface area contributed by atoms with E-state index in [1.54, 1.807) is 30.3 Å². The minimum absolute atomic E-state index is 0.188. The zero-order valence-corrected chi connectivity index (χ0v) is 20.2. The van der Waals surface area contributed by atoms with Crippen molar-refractivity contribution in [3.63, 3.8) is 0 Å². The fourth-order valence-corrected chi connectivity index (χ4v) is 7.14. The van der Waals surface area contributed by atoms with Gasteiger partial charge in [0.25, 0.3) is 0 Å². The van der Waals surface area contributed by atoms with Gasteiger partial charge in [-0.15, -0.1) is 22.7 Å². The number of thiophene rings is 1. The second kappa shape index (κ2) is 10.4. The Labute approximate surface area is 194 Å². The van der Waals surface area contributed by atoms with Crippen LogP contribution in [0.5, 0.6) is 0 Å². The third kappa shape index (κ3) is 6.73. The molecule has 12 heteroatoms. The average Bonchev–Trinajstić information content (AvgIpc) is 3.38. The Kier molecular flexibility index (Phi) is 7.82. The predicted molar refractivity (Wildman–Crippen MR) is 125 cm³/mol. The van der Waals surface area contributed by atoms with Crippen LogP contribution in [0.25, 0.3) is 6.08 Å². The van der Waals surface area contributed by atoms with Gasteiger partial charge >= 0.3 is 5.97 Å². The van der Waals surface area contributed by atoms with E-state index in [1.165, 1.54) is 37.4 Å². The molecule has 0 saturated heterocycles. The van der Waals surface area contributed by atoms with E-state index in [0.717, 1.165) is 27.6 Å². The number of esters is 1. The molecule has 1 aromatic carbocycles. The zero-order valence-electron chi connectivity index (χ0n) is 16.9. The van der Waals surface area contributed by atoms with Crippen molar-refractivity contribution >= 4 is 59.7 Å². The lowest BCUT2D eigenvalue weighted by atomic mass is 10.4. The van der Waals surface area contributed by atoms with E-state index < -0.39 is 19.9 Å². The molecule has 0 aliphatic heterocycles. The van der Waals surface area contributed by atoms with Crippen LogP contribution >= 0.6 is 22.7 Å². The molecule has 0 radical (unpaired) electrons. The van der Waals surface area contributed by atoms with Gasteiger partial charge in [0, 0.05) is 29.3 Å². The van der Waals surface area contributed by atoms with Crippen LogP contribution in [0.15, 0.2) is 63.8 Å². The Bertz CT molecular complexity index is 1310. The van der Waals surface area contributed by atoms with Crippen molar-refractivity contribution in [2.75, 3.05) is 17.1 Å². The minimum Gasteiger partial charge on any atom is -0.465 e. The molecule has 1 N–H and O–H groups in total.